The van der Waals surface area contributed by atoms with E-state index in [1.807, 2.05) is 4.57 Å². The van der Waals surface area contributed by atoms with E-state index in [0.29, 0.717) is 41.1 Å². The van der Waals surface area contributed by atoms with E-state index >= 15 is 0 Å². The van der Waals surface area contributed by atoms with Crippen LogP contribution in [0.15, 0.2) is 53.7 Å². The van der Waals surface area contributed by atoms with Crippen molar-refractivity contribution in [2.75, 3.05) is 24.8 Å². The number of rotatable bonds is 9. The number of nitrogens with zero attached hydrogens (tertiary/aromatic N) is 4. The van der Waals surface area contributed by atoms with Crippen LogP contribution in [0.2, 0.25) is 0 Å². The van der Waals surface area contributed by atoms with Crippen LogP contribution in [0.5, 0.6) is 5.75 Å². The van der Waals surface area contributed by atoms with Gasteiger partial charge in [0.25, 0.3) is 5.69 Å². The summed E-state index contributed by atoms with van der Waals surface area (Å²) in [6, 6.07) is 13.3. The van der Waals surface area contributed by atoms with Gasteiger partial charge in [0.15, 0.2) is 11.0 Å². The van der Waals surface area contributed by atoms with Crippen molar-refractivity contribution in [2.45, 2.75) is 30.6 Å². The molecule has 1 saturated heterocycles. The molecule has 2 heterocycles. The molecule has 10 nitrogen and oxygen atoms in total. The molecule has 1 aromatic heterocycles. The smallest absolute Gasteiger partial charge is 0.269 e. The summed E-state index contributed by atoms with van der Waals surface area (Å²) < 4.78 is 12.8. The summed E-state index contributed by atoms with van der Waals surface area (Å²) in [6.45, 7) is 1.26. The summed E-state index contributed by atoms with van der Waals surface area (Å²) >= 11 is 1.28. The Morgan fingerprint density at radius 2 is 2.00 bits per heavy atom. The molecule has 0 spiro atoms. The third-order valence-electron chi connectivity index (χ3n) is 5.17. The highest BCUT2D eigenvalue weighted by molar-refractivity contribution is 7.99. The van der Waals surface area contributed by atoms with Gasteiger partial charge in [0.2, 0.25) is 5.91 Å². The predicted octanol–water partition coefficient (Wildman–Crippen LogP) is 3.77. The molecule has 1 aliphatic rings. The number of nitro benzene ring substituents is 1. The van der Waals surface area contributed by atoms with Crippen molar-refractivity contribution < 1.29 is 19.2 Å². The maximum absolute atomic E-state index is 12.5. The fourth-order valence-electron chi connectivity index (χ4n) is 3.50. The van der Waals surface area contributed by atoms with E-state index in [1.54, 1.807) is 43.5 Å². The number of nitro groups is 1. The number of benzene rings is 2. The van der Waals surface area contributed by atoms with Crippen molar-refractivity contribution in [1.29, 1.82) is 0 Å². The molecule has 1 fully saturated rings. The summed E-state index contributed by atoms with van der Waals surface area (Å²) in [4.78, 5) is 23.0. The average Bonchev–Trinajstić information content (AvgIpc) is 3.49. The maximum Gasteiger partial charge on any atom is 0.269 e. The number of carbonyl (C=O) groups is 1. The lowest BCUT2D eigenvalue weighted by molar-refractivity contribution is -0.384. The van der Waals surface area contributed by atoms with Crippen LogP contribution < -0.4 is 10.1 Å². The van der Waals surface area contributed by atoms with Crippen molar-refractivity contribution in [3.05, 3.63) is 58.6 Å². The normalized spacial score (nSPS) is 15.4. The lowest BCUT2D eigenvalue weighted by Crippen LogP contribution is -2.18. The van der Waals surface area contributed by atoms with Crippen LogP contribution >= 0.6 is 11.8 Å². The fraction of sp³-hybridized carbons (Fsp3) is 0.318. The number of non-ortho nitro benzene ring substituents is 1. The first kappa shape index (κ1) is 22.7. The van der Waals surface area contributed by atoms with E-state index < -0.39 is 4.92 Å². The van der Waals surface area contributed by atoms with E-state index in [4.69, 9.17) is 9.47 Å². The van der Waals surface area contributed by atoms with Crippen molar-refractivity contribution in [1.82, 2.24) is 14.8 Å². The Labute approximate surface area is 194 Å². The zero-order valence-electron chi connectivity index (χ0n) is 18.0. The zero-order chi connectivity index (χ0) is 23.2. The van der Waals surface area contributed by atoms with Gasteiger partial charge in [-0.05, 0) is 49.2 Å². The molecule has 0 aliphatic carbocycles. The Balaban J connectivity index is 1.49. The van der Waals surface area contributed by atoms with E-state index in [2.05, 4.69) is 15.5 Å². The monoisotopic (exact) mass is 469 g/mol. The van der Waals surface area contributed by atoms with Gasteiger partial charge in [-0.25, -0.2) is 0 Å². The number of ether oxygens (including phenoxy) is 2. The SMILES string of the molecule is COc1ccc(NC(=O)CSc2nnc(-c3ccc([N+](=O)[O-])cc3)n2CC2CCCO2)cc1. The van der Waals surface area contributed by atoms with Crippen LogP contribution in [0.4, 0.5) is 11.4 Å². The van der Waals surface area contributed by atoms with E-state index in [9.17, 15) is 14.9 Å². The van der Waals surface area contributed by atoms with Gasteiger partial charge in [0, 0.05) is 30.0 Å². The molecule has 1 N–H and O–H groups in total. The largest absolute Gasteiger partial charge is 0.497 e. The summed E-state index contributed by atoms with van der Waals surface area (Å²) in [6.07, 6.45) is 1.96. The predicted molar refractivity (Wildman–Crippen MR) is 123 cm³/mol. The van der Waals surface area contributed by atoms with Gasteiger partial charge in [-0.3, -0.25) is 19.5 Å². The standard InChI is InChI=1S/C22H23N5O5S/c1-31-18-10-6-16(7-11-18)23-20(28)14-33-22-25-24-21(26(22)13-19-3-2-12-32-19)15-4-8-17(9-5-15)27(29)30/h4-11,19H,2-3,12-14H2,1H3,(H,23,28). The van der Waals surface area contributed by atoms with E-state index in [-0.39, 0.29) is 23.5 Å². The number of nitrogens with one attached hydrogen (secondary N) is 1. The number of hydrogen-bond donors (Lipinski definition) is 1. The van der Waals surface area contributed by atoms with Gasteiger partial charge in [-0.2, -0.15) is 0 Å². The van der Waals surface area contributed by atoms with Gasteiger partial charge >= 0.3 is 0 Å². The van der Waals surface area contributed by atoms with Crippen LogP contribution in [0.25, 0.3) is 11.4 Å². The zero-order valence-corrected chi connectivity index (χ0v) is 18.8. The molecular formula is C22H23N5O5S. The molecule has 1 atom stereocenters. The van der Waals surface area contributed by atoms with Crippen molar-refractivity contribution in [2.24, 2.45) is 0 Å². The highest BCUT2D eigenvalue weighted by Gasteiger charge is 2.22. The van der Waals surface area contributed by atoms with Crippen LogP contribution in [0.1, 0.15) is 12.8 Å². The molecule has 172 valence electrons. The second kappa shape index (κ2) is 10.5. The molecule has 11 heteroatoms. The highest BCUT2D eigenvalue weighted by Crippen LogP contribution is 2.28. The molecule has 0 saturated carbocycles. The molecule has 0 radical (unpaired) electrons. The quantitative estimate of drug-likeness (QED) is 0.286. The Morgan fingerprint density at radius 1 is 1.24 bits per heavy atom. The molecule has 0 bridgehead atoms. The Hall–Kier alpha value is -3.44. The summed E-state index contributed by atoms with van der Waals surface area (Å²) in [5, 5.41) is 23.0. The lowest BCUT2D eigenvalue weighted by atomic mass is 10.2. The Kier molecular flexibility index (Phi) is 7.20. The van der Waals surface area contributed by atoms with E-state index in [1.165, 1.54) is 23.9 Å². The molecule has 33 heavy (non-hydrogen) atoms. The lowest BCUT2D eigenvalue weighted by Gasteiger charge is -2.14. The van der Waals surface area contributed by atoms with Crippen LogP contribution in [0, 0.1) is 10.1 Å². The number of methoxy groups -OCH3 is 1. The van der Waals surface area contributed by atoms with Crippen molar-refractivity contribution in [3.8, 4) is 17.1 Å². The van der Waals surface area contributed by atoms with Gasteiger partial charge < -0.3 is 14.8 Å². The number of thioether (sulfide) groups is 1. The average molecular weight is 470 g/mol. The van der Waals surface area contributed by atoms with Crippen LogP contribution in [-0.2, 0) is 16.1 Å². The summed E-state index contributed by atoms with van der Waals surface area (Å²) in [5.74, 6) is 1.27. The van der Waals surface area contributed by atoms with Crippen molar-refractivity contribution in [3.63, 3.8) is 0 Å². The number of carbonyl (C=O) groups excluding carboxylic acids is 1. The number of hydrogen-bond acceptors (Lipinski definition) is 8. The third-order valence-corrected chi connectivity index (χ3v) is 6.14. The Bertz CT molecular complexity index is 1110. The second-order valence-electron chi connectivity index (χ2n) is 7.42. The first-order valence-electron chi connectivity index (χ1n) is 10.4. The molecule has 4 rings (SSSR count). The Morgan fingerprint density at radius 3 is 2.64 bits per heavy atom. The molecule has 3 aromatic rings. The summed E-state index contributed by atoms with van der Waals surface area (Å²) in [5.41, 5.74) is 1.39. The van der Waals surface area contributed by atoms with Crippen LogP contribution in [-0.4, -0.2) is 51.2 Å². The fourth-order valence-corrected chi connectivity index (χ4v) is 4.25. The number of anilines is 1. The van der Waals surface area contributed by atoms with Gasteiger partial charge in [-0.1, -0.05) is 11.8 Å². The minimum absolute atomic E-state index is 0.00810. The van der Waals surface area contributed by atoms with Gasteiger partial charge in [0.1, 0.15) is 5.75 Å². The maximum atomic E-state index is 12.5. The molecule has 1 unspecified atom stereocenters. The van der Waals surface area contributed by atoms with Crippen molar-refractivity contribution >= 4 is 29.0 Å². The minimum atomic E-state index is -0.441. The number of amides is 1. The topological polar surface area (TPSA) is 121 Å². The van der Waals surface area contributed by atoms with Gasteiger partial charge in [0.05, 0.1) is 30.4 Å². The first-order valence-corrected chi connectivity index (χ1v) is 11.4. The molecule has 1 amide bonds. The third kappa shape index (κ3) is 5.68. The second-order valence-corrected chi connectivity index (χ2v) is 8.36. The van der Waals surface area contributed by atoms with E-state index in [0.717, 1.165) is 12.8 Å². The summed E-state index contributed by atoms with van der Waals surface area (Å²) in [7, 11) is 1.59. The molecular weight excluding hydrogens is 446 g/mol. The van der Waals surface area contributed by atoms with Gasteiger partial charge in [-0.15, -0.1) is 10.2 Å². The van der Waals surface area contributed by atoms with Crippen LogP contribution in [0.3, 0.4) is 0 Å². The first-order chi connectivity index (χ1) is 16.0. The minimum Gasteiger partial charge on any atom is -0.497 e. The molecule has 2 aromatic carbocycles. The molecule has 1 aliphatic heterocycles. The number of aromatic nitrogens is 3. The highest BCUT2D eigenvalue weighted by atomic mass is 32.2.